The normalized spacial score (nSPS) is 10.1. The van der Waals surface area contributed by atoms with Crippen molar-refractivity contribution in [2.45, 2.75) is 6.92 Å². The maximum Gasteiger partial charge on any atom is 0.335 e. The van der Waals surface area contributed by atoms with E-state index in [-0.39, 0.29) is 11.5 Å². The second-order valence-electron chi connectivity index (χ2n) is 3.71. The summed E-state index contributed by atoms with van der Waals surface area (Å²) < 4.78 is 1.55. The number of benzene rings is 1. The van der Waals surface area contributed by atoms with Gasteiger partial charge in [-0.25, -0.2) is 9.48 Å². The van der Waals surface area contributed by atoms with Crippen LogP contribution in [0.5, 0.6) is 0 Å². The Morgan fingerprint density at radius 1 is 1.28 bits per heavy atom. The molecule has 2 aromatic rings. The molecule has 0 bridgehead atoms. The van der Waals surface area contributed by atoms with Crippen molar-refractivity contribution in [3.63, 3.8) is 0 Å². The van der Waals surface area contributed by atoms with Crippen molar-refractivity contribution in [1.82, 2.24) is 9.78 Å². The first-order valence-electron chi connectivity index (χ1n) is 5.22. The van der Waals surface area contributed by atoms with Gasteiger partial charge >= 0.3 is 5.97 Å². The number of anilines is 1. The van der Waals surface area contributed by atoms with Gasteiger partial charge in [0.15, 0.2) is 0 Å². The molecule has 6 heteroatoms. The molecule has 18 heavy (non-hydrogen) atoms. The summed E-state index contributed by atoms with van der Waals surface area (Å²) in [5.74, 6) is -1.14. The molecule has 2 rings (SSSR count). The average Bonchev–Trinajstić information content (AvgIpc) is 2.76. The molecule has 0 saturated carbocycles. The minimum absolute atomic E-state index is 0.171. The van der Waals surface area contributed by atoms with Gasteiger partial charge in [-0.3, -0.25) is 4.79 Å². The molecular formula is C12H11N3O3. The fourth-order valence-corrected chi connectivity index (χ4v) is 1.49. The van der Waals surface area contributed by atoms with Crippen LogP contribution >= 0.6 is 0 Å². The van der Waals surface area contributed by atoms with Crippen molar-refractivity contribution in [1.29, 1.82) is 0 Å². The molecular weight excluding hydrogens is 234 g/mol. The summed E-state index contributed by atoms with van der Waals surface area (Å²) in [6.07, 6.45) is 3.17. The molecule has 6 nitrogen and oxygen atoms in total. The Morgan fingerprint density at radius 2 is 1.94 bits per heavy atom. The number of nitrogens with one attached hydrogen (secondary N) is 1. The number of aromatic carboxylic acids is 1. The zero-order chi connectivity index (χ0) is 13.1. The molecule has 0 fully saturated rings. The van der Waals surface area contributed by atoms with Crippen molar-refractivity contribution in [2.24, 2.45) is 0 Å². The van der Waals surface area contributed by atoms with Gasteiger partial charge in [0, 0.05) is 6.92 Å². The number of amides is 1. The summed E-state index contributed by atoms with van der Waals surface area (Å²) in [5.41, 5.74) is 1.52. The molecule has 2 N–H and O–H groups in total. The smallest absolute Gasteiger partial charge is 0.335 e. The highest BCUT2D eigenvalue weighted by Gasteiger charge is 2.04. The van der Waals surface area contributed by atoms with E-state index in [1.165, 1.54) is 25.3 Å². The standard InChI is InChI=1S/C12H11N3O3/c1-8(16)14-10-6-13-15(7-10)11-4-2-9(3-5-11)12(17)18/h2-7H,1H3,(H,14,16)(H,17,18). The largest absolute Gasteiger partial charge is 0.478 e. The third kappa shape index (κ3) is 2.54. The van der Waals surface area contributed by atoms with Crippen LogP contribution in [-0.2, 0) is 4.79 Å². The van der Waals surface area contributed by atoms with Gasteiger partial charge in [-0.1, -0.05) is 0 Å². The fourth-order valence-electron chi connectivity index (χ4n) is 1.49. The molecule has 92 valence electrons. The second-order valence-corrected chi connectivity index (χ2v) is 3.71. The summed E-state index contributed by atoms with van der Waals surface area (Å²) in [7, 11) is 0. The van der Waals surface area contributed by atoms with E-state index in [2.05, 4.69) is 10.4 Å². The number of rotatable bonds is 3. The number of carbonyl (C=O) groups is 2. The highest BCUT2D eigenvalue weighted by molar-refractivity contribution is 5.88. The van der Waals surface area contributed by atoms with Crippen molar-refractivity contribution >= 4 is 17.6 Å². The lowest BCUT2D eigenvalue weighted by Gasteiger charge is -2.01. The highest BCUT2D eigenvalue weighted by atomic mass is 16.4. The number of aromatic nitrogens is 2. The van der Waals surface area contributed by atoms with Crippen molar-refractivity contribution < 1.29 is 14.7 Å². The van der Waals surface area contributed by atoms with Gasteiger partial charge in [0.05, 0.1) is 29.3 Å². The highest BCUT2D eigenvalue weighted by Crippen LogP contribution is 2.12. The molecule has 1 amide bonds. The Hall–Kier alpha value is -2.63. The molecule has 0 spiro atoms. The topological polar surface area (TPSA) is 84.2 Å². The Bertz CT molecular complexity index is 587. The van der Waals surface area contributed by atoms with E-state index < -0.39 is 5.97 Å². The first kappa shape index (κ1) is 11.8. The zero-order valence-corrected chi connectivity index (χ0v) is 9.62. The van der Waals surface area contributed by atoms with Crippen LogP contribution in [0.25, 0.3) is 5.69 Å². The predicted octanol–water partition coefficient (Wildman–Crippen LogP) is 1.53. The molecule has 1 aromatic carbocycles. The fraction of sp³-hybridized carbons (Fsp3) is 0.0833. The molecule has 0 aliphatic heterocycles. The van der Waals surface area contributed by atoms with Crippen LogP contribution in [0.15, 0.2) is 36.7 Å². The van der Waals surface area contributed by atoms with Crippen LogP contribution in [0.4, 0.5) is 5.69 Å². The third-order valence-electron chi connectivity index (χ3n) is 2.28. The van der Waals surface area contributed by atoms with E-state index in [9.17, 15) is 9.59 Å². The molecule has 0 radical (unpaired) electrons. The number of carbonyl (C=O) groups excluding carboxylic acids is 1. The van der Waals surface area contributed by atoms with E-state index in [0.717, 1.165) is 5.69 Å². The quantitative estimate of drug-likeness (QED) is 0.858. The van der Waals surface area contributed by atoms with Crippen molar-refractivity contribution in [3.8, 4) is 5.69 Å². The van der Waals surface area contributed by atoms with Crippen LogP contribution in [0.2, 0.25) is 0 Å². The molecule has 0 atom stereocenters. The number of hydrogen-bond acceptors (Lipinski definition) is 3. The summed E-state index contributed by atoms with van der Waals surface area (Å²) >= 11 is 0. The van der Waals surface area contributed by atoms with Crippen molar-refractivity contribution in [2.75, 3.05) is 5.32 Å². The van der Waals surface area contributed by atoms with Gasteiger partial charge in [0.2, 0.25) is 5.91 Å². The number of carboxylic acid groups (broad SMARTS) is 1. The lowest BCUT2D eigenvalue weighted by atomic mass is 10.2. The predicted molar refractivity (Wildman–Crippen MR) is 64.8 cm³/mol. The van der Waals surface area contributed by atoms with Gasteiger partial charge in [-0.05, 0) is 24.3 Å². The molecule has 0 aliphatic rings. The van der Waals surface area contributed by atoms with E-state index in [1.54, 1.807) is 23.0 Å². The molecule has 0 saturated heterocycles. The minimum atomic E-state index is -0.971. The average molecular weight is 245 g/mol. The van der Waals surface area contributed by atoms with Gasteiger partial charge in [-0.15, -0.1) is 0 Å². The second kappa shape index (κ2) is 4.70. The van der Waals surface area contributed by atoms with Crippen LogP contribution in [-0.4, -0.2) is 26.8 Å². The number of hydrogen-bond donors (Lipinski definition) is 2. The minimum Gasteiger partial charge on any atom is -0.478 e. The SMILES string of the molecule is CC(=O)Nc1cnn(-c2ccc(C(=O)O)cc2)c1. The Labute approximate surface area is 103 Å². The number of nitrogens with zero attached hydrogens (tertiary/aromatic N) is 2. The van der Waals surface area contributed by atoms with E-state index in [4.69, 9.17) is 5.11 Å². The lowest BCUT2D eigenvalue weighted by Crippen LogP contribution is -2.04. The van der Waals surface area contributed by atoms with Crippen LogP contribution in [0.3, 0.4) is 0 Å². The summed E-state index contributed by atoms with van der Waals surface area (Å²) in [6.45, 7) is 1.42. The van der Waals surface area contributed by atoms with Crippen LogP contribution in [0.1, 0.15) is 17.3 Å². The van der Waals surface area contributed by atoms with E-state index in [1.807, 2.05) is 0 Å². The van der Waals surface area contributed by atoms with E-state index >= 15 is 0 Å². The lowest BCUT2D eigenvalue weighted by molar-refractivity contribution is -0.114. The molecule has 0 aliphatic carbocycles. The Morgan fingerprint density at radius 3 is 2.50 bits per heavy atom. The molecule has 1 heterocycles. The first-order chi connectivity index (χ1) is 8.56. The van der Waals surface area contributed by atoms with Crippen LogP contribution < -0.4 is 5.32 Å². The van der Waals surface area contributed by atoms with E-state index in [0.29, 0.717) is 5.69 Å². The summed E-state index contributed by atoms with van der Waals surface area (Å²) in [5, 5.41) is 15.5. The summed E-state index contributed by atoms with van der Waals surface area (Å²) in [4.78, 5) is 21.6. The van der Waals surface area contributed by atoms with Gasteiger partial charge < -0.3 is 10.4 Å². The zero-order valence-electron chi connectivity index (χ0n) is 9.62. The first-order valence-corrected chi connectivity index (χ1v) is 5.22. The third-order valence-corrected chi connectivity index (χ3v) is 2.28. The van der Waals surface area contributed by atoms with Crippen molar-refractivity contribution in [3.05, 3.63) is 42.2 Å². The van der Waals surface area contributed by atoms with Gasteiger partial charge in [0.1, 0.15) is 0 Å². The Balaban J connectivity index is 2.23. The molecule has 1 aromatic heterocycles. The van der Waals surface area contributed by atoms with Crippen LogP contribution in [0, 0.1) is 0 Å². The summed E-state index contributed by atoms with van der Waals surface area (Å²) in [6, 6.07) is 6.29. The maximum atomic E-state index is 10.9. The Kier molecular flexibility index (Phi) is 3.09. The monoisotopic (exact) mass is 245 g/mol. The maximum absolute atomic E-state index is 10.9. The molecule has 0 unspecified atom stereocenters. The van der Waals surface area contributed by atoms with Gasteiger partial charge in [0.25, 0.3) is 0 Å². The van der Waals surface area contributed by atoms with Gasteiger partial charge in [-0.2, -0.15) is 5.10 Å². The number of carboxylic acids is 1.